The number of aliphatic hydroxyl groups is 1. The molecule has 80 valence electrons. The summed E-state index contributed by atoms with van der Waals surface area (Å²) in [7, 11) is 0. The van der Waals surface area contributed by atoms with Crippen LogP contribution >= 0.6 is 0 Å². The van der Waals surface area contributed by atoms with Crippen LogP contribution in [-0.2, 0) is 9.53 Å². The van der Waals surface area contributed by atoms with E-state index in [1.54, 1.807) is 6.92 Å². The van der Waals surface area contributed by atoms with Gasteiger partial charge in [0.2, 0.25) is 0 Å². The van der Waals surface area contributed by atoms with Gasteiger partial charge in [0.15, 0.2) is 0 Å². The number of nitriles is 1. The van der Waals surface area contributed by atoms with Gasteiger partial charge in [0, 0.05) is 6.61 Å². The lowest BCUT2D eigenvalue weighted by atomic mass is 10.0. The van der Waals surface area contributed by atoms with Crippen molar-refractivity contribution in [1.82, 2.24) is 0 Å². The Bertz CT molecular complexity index is 198. The summed E-state index contributed by atoms with van der Waals surface area (Å²) in [5.74, 6) is -1.08. The maximum Gasteiger partial charge on any atom is 0.323 e. The normalized spacial score (nSPS) is 11.8. The van der Waals surface area contributed by atoms with Crippen molar-refractivity contribution in [2.75, 3.05) is 13.2 Å². The highest BCUT2D eigenvalue weighted by Gasteiger charge is 2.17. The molecule has 0 aliphatic carbocycles. The first kappa shape index (κ1) is 12.9. The molecule has 14 heavy (non-hydrogen) atoms. The molecule has 0 saturated carbocycles. The highest BCUT2D eigenvalue weighted by atomic mass is 16.5. The molecule has 0 fully saturated rings. The number of carbonyl (C=O) groups excluding carboxylic acids is 1. The molecule has 0 aliphatic rings. The van der Waals surface area contributed by atoms with Crippen molar-refractivity contribution in [3.8, 4) is 6.07 Å². The molecule has 0 radical (unpaired) electrons. The molecular weight excluding hydrogens is 182 g/mol. The van der Waals surface area contributed by atoms with Crippen LogP contribution in [0.2, 0.25) is 0 Å². The monoisotopic (exact) mass is 199 g/mol. The number of aliphatic hydroxyl groups excluding tert-OH is 1. The maximum absolute atomic E-state index is 11.1. The van der Waals surface area contributed by atoms with Crippen LogP contribution in [0.5, 0.6) is 0 Å². The second-order valence-corrected chi connectivity index (χ2v) is 3.01. The smallest absolute Gasteiger partial charge is 0.323 e. The molecule has 0 bridgehead atoms. The summed E-state index contributed by atoms with van der Waals surface area (Å²) >= 11 is 0. The van der Waals surface area contributed by atoms with Crippen molar-refractivity contribution in [2.45, 2.75) is 32.6 Å². The Balaban J connectivity index is 3.69. The third kappa shape index (κ3) is 5.55. The molecule has 4 nitrogen and oxygen atoms in total. The maximum atomic E-state index is 11.1. The molecule has 4 heteroatoms. The predicted molar refractivity (Wildman–Crippen MR) is 51.3 cm³/mol. The number of carbonyl (C=O) groups is 1. The van der Waals surface area contributed by atoms with Crippen molar-refractivity contribution in [1.29, 1.82) is 5.26 Å². The van der Waals surface area contributed by atoms with Gasteiger partial charge in [-0.3, -0.25) is 4.79 Å². The fraction of sp³-hybridized carbons (Fsp3) is 0.800. The zero-order valence-electron chi connectivity index (χ0n) is 8.53. The van der Waals surface area contributed by atoms with Crippen molar-refractivity contribution in [3.05, 3.63) is 0 Å². The summed E-state index contributed by atoms with van der Waals surface area (Å²) in [6.45, 7) is 2.20. The van der Waals surface area contributed by atoms with E-state index < -0.39 is 11.9 Å². The first-order valence-corrected chi connectivity index (χ1v) is 4.93. The average Bonchev–Trinajstić information content (AvgIpc) is 2.18. The van der Waals surface area contributed by atoms with E-state index in [0.29, 0.717) is 13.0 Å². The molecule has 0 aromatic heterocycles. The summed E-state index contributed by atoms with van der Waals surface area (Å²) < 4.78 is 4.74. The lowest BCUT2D eigenvalue weighted by Gasteiger charge is -2.07. The molecule has 0 saturated heterocycles. The summed E-state index contributed by atoms with van der Waals surface area (Å²) in [4.78, 5) is 11.1. The fourth-order valence-corrected chi connectivity index (χ4v) is 1.11. The van der Waals surface area contributed by atoms with E-state index in [2.05, 4.69) is 0 Å². The quantitative estimate of drug-likeness (QED) is 0.494. The van der Waals surface area contributed by atoms with Crippen LogP contribution in [0, 0.1) is 17.2 Å². The molecule has 0 heterocycles. The Morgan fingerprint density at radius 3 is 2.71 bits per heavy atom. The fourth-order valence-electron chi connectivity index (χ4n) is 1.11. The van der Waals surface area contributed by atoms with E-state index >= 15 is 0 Å². The van der Waals surface area contributed by atoms with Gasteiger partial charge in [-0.15, -0.1) is 0 Å². The van der Waals surface area contributed by atoms with Crippen LogP contribution in [0.25, 0.3) is 0 Å². The Morgan fingerprint density at radius 2 is 2.21 bits per heavy atom. The second-order valence-electron chi connectivity index (χ2n) is 3.01. The molecule has 0 rings (SSSR count). The topological polar surface area (TPSA) is 70.3 Å². The predicted octanol–water partition coefficient (Wildman–Crippen LogP) is 1.24. The van der Waals surface area contributed by atoms with Crippen molar-refractivity contribution in [3.63, 3.8) is 0 Å². The van der Waals surface area contributed by atoms with Gasteiger partial charge in [0.05, 0.1) is 12.7 Å². The zero-order chi connectivity index (χ0) is 10.8. The Kier molecular flexibility index (Phi) is 7.86. The number of unbranched alkanes of at least 4 members (excludes halogenated alkanes) is 2. The first-order chi connectivity index (χ1) is 6.76. The van der Waals surface area contributed by atoms with Gasteiger partial charge >= 0.3 is 5.97 Å². The zero-order valence-corrected chi connectivity index (χ0v) is 8.53. The average molecular weight is 199 g/mol. The van der Waals surface area contributed by atoms with Gasteiger partial charge in [-0.1, -0.05) is 12.8 Å². The lowest BCUT2D eigenvalue weighted by Crippen LogP contribution is -2.16. The van der Waals surface area contributed by atoms with E-state index in [1.807, 2.05) is 6.07 Å². The lowest BCUT2D eigenvalue weighted by molar-refractivity contribution is -0.146. The first-order valence-electron chi connectivity index (χ1n) is 4.93. The molecule has 1 atom stereocenters. The number of rotatable bonds is 7. The van der Waals surface area contributed by atoms with Crippen molar-refractivity contribution in [2.24, 2.45) is 5.92 Å². The van der Waals surface area contributed by atoms with E-state index in [9.17, 15) is 4.79 Å². The molecule has 0 aromatic carbocycles. The van der Waals surface area contributed by atoms with Crippen LogP contribution in [0.15, 0.2) is 0 Å². The van der Waals surface area contributed by atoms with Crippen molar-refractivity contribution < 1.29 is 14.6 Å². The minimum absolute atomic E-state index is 0.163. The third-order valence-corrected chi connectivity index (χ3v) is 1.88. The van der Waals surface area contributed by atoms with Crippen LogP contribution in [0.1, 0.15) is 32.6 Å². The van der Waals surface area contributed by atoms with Crippen LogP contribution in [0.3, 0.4) is 0 Å². The third-order valence-electron chi connectivity index (χ3n) is 1.88. The Morgan fingerprint density at radius 1 is 1.50 bits per heavy atom. The number of ether oxygens (including phenoxy) is 1. The molecule has 1 N–H and O–H groups in total. The molecule has 0 amide bonds. The van der Waals surface area contributed by atoms with Crippen LogP contribution < -0.4 is 0 Å². The van der Waals surface area contributed by atoms with Gasteiger partial charge in [0.25, 0.3) is 0 Å². The van der Waals surface area contributed by atoms with E-state index in [4.69, 9.17) is 15.1 Å². The van der Waals surface area contributed by atoms with Gasteiger partial charge in [-0.25, -0.2) is 0 Å². The molecule has 1 unspecified atom stereocenters. The van der Waals surface area contributed by atoms with Gasteiger partial charge in [-0.05, 0) is 19.8 Å². The highest BCUT2D eigenvalue weighted by molar-refractivity contribution is 5.75. The van der Waals surface area contributed by atoms with Gasteiger partial charge < -0.3 is 9.84 Å². The Labute approximate surface area is 84.5 Å². The molecule has 0 spiro atoms. The van der Waals surface area contributed by atoms with Crippen LogP contribution in [0.4, 0.5) is 0 Å². The largest absolute Gasteiger partial charge is 0.465 e. The summed E-state index contributed by atoms with van der Waals surface area (Å²) in [5, 5.41) is 17.2. The van der Waals surface area contributed by atoms with E-state index in [0.717, 1.165) is 19.3 Å². The summed E-state index contributed by atoms with van der Waals surface area (Å²) in [6.07, 6.45) is 2.86. The summed E-state index contributed by atoms with van der Waals surface area (Å²) in [6, 6.07) is 1.93. The standard InChI is InChI=1S/C10H17NO3/c1-2-14-10(13)9(8-11)6-4-3-5-7-12/h9,12H,2-7H2,1H3. The number of nitrogens with zero attached hydrogens (tertiary/aromatic N) is 1. The van der Waals surface area contributed by atoms with Gasteiger partial charge in [0.1, 0.15) is 5.92 Å². The van der Waals surface area contributed by atoms with E-state index in [1.165, 1.54) is 0 Å². The molecule has 0 aromatic rings. The SMILES string of the molecule is CCOC(=O)C(C#N)CCCCCO. The van der Waals surface area contributed by atoms with Crippen LogP contribution in [-0.4, -0.2) is 24.3 Å². The van der Waals surface area contributed by atoms with E-state index in [-0.39, 0.29) is 6.61 Å². The van der Waals surface area contributed by atoms with Crippen molar-refractivity contribution >= 4 is 5.97 Å². The molecule has 0 aliphatic heterocycles. The molecular formula is C10H17NO3. The second kappa shape index (κ2) is 8.52. The number of hydrogen-bond acceptors (Lipinski definition) is 4. The highest BCUT2D eigenvalue weighted by Crippen LogP contribution is 2.10. The Hall–Kier alpha value is -1.08. The van der Waals surface area contributed by atoms with Gasteiger partial charge in [-0.2, -0.15) is 5.26 Å². The minimum atomic E-state index is -0.645. The number of hydrogen-bond donors (Lipinski definition) is 1. The number of esters is 1. The summed E-state index contributed by atoms with van der Waals surface area (Å²) in [5.41, 5.74) is 0. The minimum Gasteiger partial charge on any atom is -0.465 e.